The minimum absolute atomic E-state index is 0.804. The molecule has 1 atom stereocenters. The molecule has 1 N–H and O–H groups in total. The molecule has 0 amide bonds. The van der Waals surface area contributed by atoms with Gasteiger partial charge in [-0.05, 0) is 83.9 Å². The van der Waals surface area contributed by atoms with Gasteiger partial charge in [-0.2, -0.15) is 0 Å². The van der Waals surface area contributed by atoms with E-state index in [1.54, 1.807) is 0 Å². The second kappa shape index (κ2) is 10.2. The summed E-state index contributed by atoms with van der Waals surface area (Å²) in [7, 11) is 0. The number of hydrogen-bond donors (Lipinski definition) is 1. The van der Waals surface area contributed by atoms with Crippen molar-refractivity contribution in [2.75, 3.05) is 0 Å². The molecule has 0 fully saturated rings. The van der Waals surface area contributed by atoms with Crippen molar-refractivity contribution in [3.05, 3.63) is 179 Å². The fourth-order valence-electron chi connectivity index (χ4n) is 6.76. The van der Waals surface area contributed by atoms with E-state index >= 15 is 0 Å². The SMILES string of the molecule is OC(c1cccc(Br)c1)(c1cccc(-c2ccc3ccc4cccc5ccc2c3c45)c1)c1ccccc1-c1ccccc1. The van der Waals surface area contributed by atoms with Gasteiger partial charge in [-0.15, -0.1) is 0 Å². The molecule has 1 nitrogen and oxygen atoms in total. The Hall–Kier alpha value is -4.76. The van der Waals surface area contributed by atoms with Gasteiger partial charge >= 0.3 is 0 Å². The zero-order valence-corrected chi connectivity index (χ0v) is 24.9. The lowest BCUT2D eigenvalue weighted by molar-refractivity contribution is 0.126. The second-order valence-corrected chi connectivity index (χ2v) is 12.1. The van der Waals surface area contributed by atoms with Crippen LogP contribution in [0.4, 0.5) is 0 Å². The molecule has 1 unspecified atom stereocenters. The molecule has 0 bridgehead atoms. The molecule has 0 aliphatic heterocycles. The number of halogens is 1. The van der Waals surface area contributed by atoms with Crippen LogP contribution in [0.2, 0.25) is 0 Å². The summed E-state index contributed by atoms with van der Waals surface area (Å²) in [4.78, 5) is 0. The summed E-state index contributed by atoms with van der Waals surface area (Å²) in [6, 6.07) is 54.8. The van der Waals surface area contributed by atoms with Crippen molar-refractivity contribution >= 4 is 48.2 Å². The summed E-state index contributed by atoms with van der Waals surface area (Å²) in [6.07, 6.45) is 0. The maximum atomic E-state index is 13.1. The van der Waals surface area contributed by atoms with Gasteiger partial charge in [-0.1, -0.05) is 155 Å². The first kappa shape index (κ1) is 25.9. The summed E-state index contributed by atoms with van der Waals surface area (Å²) in [6.45, 7) is 0. The molecule has 0 saturated heterocycles. The van der Waals surface area contributed by atoms with Crippen molar-refractivity contribution in [1.29, 1.82) is 0 Å². The molecule has 2 heteroatoms. The topological polar surface area (TPSA) is 20.2 Å². The van der Waals surface area contributed by atoms with Gasteiger partial charge in [0.1, 0.15) is 5.60 Å². The third-order valence-electron chi connectivity index (χ3n) is 8.76. The maximum absolute atomic E-state index is 13.1. The van der Waals surface area contributed by atoms with Crippen LogP contribution in [-0.2, 0) is 5.60 Å². The molecule has 0 spiro atoms. The molecule has 0 aliphatic carbocycles. The Morgan fingerprint density at radius 3 is 1.84 bits per heavy atom. The minimum atomic E-state index is -1.41. The Morgan fingerprint density at radius 2 is 1.05 bits per heavy atom. The van der Waals surface area contributed by atoms with E-state index in [0.717, 1.165) is 43.4 Å². The van der Waals surface area contributed by atoms with Crippen molar-refractivity contribution in [1.82, 2.24) is 0 Å². The molecule has 8 rings (SSSR count). The van der Waals surface area contributed by atoms with Crippen LogP contribution in [0.1, 0.15) is 16.7 Å². The van der Waals surface area contributed by atoms with Crippen molar-refractivity contribution in [3.63, 3.8) is 0 Å². The number of benzene rings is 8. The van der Waals surface area contributed by atoms with Crippen LogP contribution in [-0.4, -0.2) is 5.11 Å². The summed E-state index contributed by atoms with van der Waals surface area (Å²) in [5, 5.41) is 20.6. The lowest BCUT2D eigenvalue weighted by atomic mass is 9.76. The Kier molecular flexibility index (Phi) is 6.15. The van der Waals surface area contributed by atoms with E-state index in [2.05, 4.69) is 107 Å². The van der Waals surface area contributed by atoms with Crippen molar-refractivity contribution in [2.45, 2.75) is 5.60 Å². The number of aliphatic hydroxyl groups is 1. The van der Waals surface area contributed by atoms with Crippen molar-refractivity contribution in [3.8, 4) is 22.3 Å². The fourth-order valence-corrected chi connectivity index (χ4v) is 7.16. The van der Waals surface area contributed by atoms with E-state index < -0.39 is 5.60 Å². The molecule has 43 heavy (non-hydrogen) atoms. The van der Waals surface area contributed by atoms with E-state index in [-0.39, 0.29) is 0 Å². The van der Waals surface area contributed by atoms with Crippen LogP contribution in [0.3, 0.4) is 0 Å². The van der Waals surface area contributed by atoms with Crippen LogP contribution >= 0.6 is 15.9 Å². The highest BCUT2D eigenvalue weighted by molar-refractivity contribution is 9.10. The van der Waals surface area contributed by atoms with Crippen LogP contribution in [0, 0.1) is 0 Å². The molecule has 0 aromatic heterocycles. The van der Waals surface area contributed by atoms with Gasteiger partial charge in [-0.25, -0.2) is 0 Å². The Bertz CT molecular complexity index is 2250. The Labute approximate surface area is 259 Å². The first-order valence-electron chi connectivity index (χ1n) is 14.5. The zero-order valence-electron chi connectivity index (χ0n) is 23.3. The van der Waals surface area contributed by atoms with E-state index in [4.69, 9.17) is 0 Å². The lowest BCUT2D eigenvalue weighted by Gasteiger charge is -2.32. The van der Waals surface area contributed by atoms with Crippen LogP contribution in [0.25, 0.3) is 54.6 Å². The summed E-state index contributed by atoms with van der Waals surface area (Å²) in [5.74, 6) is 0. The monoisotopic (exact) mass is 614 g/mol. The van der Waals surface area contributed by atoms with Gasteiger partial charge in [0.25, 0.3) is 0 Å². The van der Waals surface area contributed by atoms with Crippen molar-refractivity contribution < 1.29 is 5.11 Å². The predicted octanol–water partition coefficient (Wildman–Crippen LogP) is 11.0. The maximum Gasteiger partial charge on any atom is 0.141 e. The lowest BCUT2D eigenvalue weighted by Crippen LogP contribution is -2.29. The normalized spacial score (nSPS) is 13.1. The predicted molar refractivity (Wildman–Crippen MR) is 184 cm³/mol. The average Bonchev–Trinajstić information content (AvgIpc) is 3.07. The average molecular weight is 616 g/mol. The molecular weight excluding hydrogens is 588 g/mol. The fraction of sp³-hybridized carbons (Fsp3) is 0.0244. The Balaban J connectivity index is 1.38. The van der Waals surface area contributed by atoms with Gasteiger partial charge < -0.3 is 5.11 Å². The second-order valence-electron chi connectivity index (χ2n) is 11.2. The highest BCUT2D eigenvalue weighted by atomic mass is 79.9. The van der Waals surface area contributed by atoms with E-state index in [0.29, 0.717) is 0 Å². The third kappa shape index (κ3) is 4.18. The first-order valence-corrected chi connectivity index (χ1v) is 15.3. The quantitative estimate of drug-likeness (QED) is 0.151. The summed E-state index contributed by atoms with van der Waals surface area (Å²) >= 11 is 3.66. The minimum Gasteiger partial charge on any atom is -0.376 e. The molecule has 0 heterocycles. The van der Waals surface area contributed by atoms with Gasteiger partial charge in [0.05, 0.1) is 0 Å². The molecule has 204 valence electrons. The standard InChI is InChI=1S/C41H27BrO/c42-34-16-8-15-33(26-34)41(43,38-18-5-4-17-36(38)27-9-2-1-3-10-27)32-14-7-13-31(25-32)35-23-21-30-20-19-28-11-6-12-29-22-24-37(35)40(30)39(28)29/h1-26,43H. The van der Waals surface area contributed by atoms with Crippen LogP contribution < -0.4 is 0 Å². The van der Waals surface area contributed by atoms with Gasteiger partial charge in [-0.3, -0.25) is 0 Å². The van der Waals surface area contributed by atoms with Gasteiger partial charge in [0.2, 0.25) is 0 Å². The number of hydrogen-bond acceptors (Lipinski definition) is 1. The first-order chi connectivity index (χ1) is 21.1. The molecule has 8 aromatic carbocycles. The van der Waals surface area contributed by atoms with Crippen molar-refractivity contribution in [2.24, 2.45) is 0 Å². The van der Waals surface area contributed by atoms with Gasteiger partial charge in [0, 0.05) is 10.0 Å². The Morgan fingerprint density at radius 1 is 0.442 bits per heavy atom. The molecule has 0 radical (unpaired) electrons. The smallest absolute Gasteiger partial charge is 0.141 e. The van der Waals surface area contributed by atoms with Crippen LogP contribution in [0.5, 0.6) is 0 Å². The largest absolute Gasteiger partial charge is 0.376 e. The van der Waals surface area contributed by atoms with E-state index in [1.165, 1.54) is 32.3 Å². The molecular formula is C41H27BrO. The molecule has 8 aromatic rings. The van der Waals surface area contributed by atoms with E-state index in [1.807, 2.05) is 66.7 Å². The zero-order chi connectivity index (χ0) is 29.0. The summed E-state index contributed by atoms with van der Waals surface area (Å²) in [5.41, 5.74) is 5.34. The van der Waals surface area contributed by atoms with Crippen LogP contribution in [0.15, 0.2) is 162 Å². The number of rotatable bonds is 5. The molecule has 0 aliphatic rings. The highest BCUT2D eigenvalue weighted by Crippen LogP contribution is 2.44. The van der Waals surface area contributed by atoms with E-state index in [9.17, 15) is 5.11 Å². The molecule has 0 saturated carbocycles. The highest BCUT2D eigenvalue weighted by Gasteiger charge is 2.36. The van der Waals surface area contributed by atoms with Gasteiger partial charge in [0.15, 0.2) is 0 Å². The third-order valence-corrected chi connectivity index (χ3v) is 9.26. The summed E-state index contributed by atoms with van der Waals surface area (Å²) < 4.78 is 0.920.